The third kappa shape index (κ3) is 5.94. The number of rotatable bonds is 6. The van der Waals surface area contributed by atoms with Gasteiger partial charge in [0.1, 0.15) is 16.8 Å². The Labute approximate surface area is 188 Å². The Morgan fingerprint density at radius 3 is 2.68 bits per heavy atom. The highest BCUT2D eigenvalue weighted by Crippen LogP contribution is 2.25. The number of nitrogens with zero attached hydrogens (tertiary/aromatic N) is 3. The number of carbonyl (C=O) groups is 1. The lowest BCUT2D eigenvalue weighted by Crippen LogP contribution is -2.36. The highest BCUT2D eigenvalue weighted by molar-refractivity contribution is 7.98. The molecular formula is C22H20ClFN4O2S. The van der Waals surface area contributed by atoms with Gasteiger partial charge in [-0.05, 0) is 42.0 Å². The van der Waals surface area contributed by atoms with Crippen molar-refractivity contribution in [1.29, 1.82) is 0 Å². The van der Waals surface area contributed by atoms with E-state index >= 15 is 0 Å². The van der Waals surface area contributed by atoms with Crippen molar-refractivity contribution in [3.05, 3.63) is 76.7 Å². The van der Waals surface area contributed by atoms with Crippen molar-refractivity contribution >= 4 is 40.8 Å². The number of benzene rings is 2. The van der Waals surface area contributed by atoms with Crippen LogP contribution in [-0.2, 0) is 10.5 Å². The first kappa shape index (κ1) is 21.5. The molecule has 0 saturated carbocycles. The zero-order chi connectivity index (χ0) is 21.6. The molecule has 1 fully saturated rings. The number of morpholine rings is 1. The topological polar surface area (TPSA) is 67.4 Å². The second-order valence-electron chi connectivity index (χ2n) is 6.88. The first-order chi connectivity index (χ1) is 15.1. The van der Waals surface area contributed by atoms with E-state index in [2.05, 4.69) is 20.2 Å². The number of hydrogen-bond donors (Lipinski definition) is 1. The molecule has 2 aromatic carbocycles. The van der Waals surface area contributed by atoms with E-state index < -0.39 is 0 Å². The molecule has 0 unspecified atom stereocenters. The predicted octanol–water partition coefficient (Wildman–Crippen LogP) is 4.65. The monoisotopic (exact) mass is 458 g/mol. The standard InChI is InChI=1S/C22H20ClFN4O2S/c23-19-13-20(28-8-10-30-11-9-28)27-22(26-19)31-14-15-2-1-3-16(12-15)21(29)25-18-6-4-17(24)5-7-18/h1-7,12-13H,8-11,14H2,(H,25,29). The number of halogens is 2. The number of thioether (sulfide) groups is 1. The molecule has 1 aliphatic rings. The van der Waals surface area contributed by atoms with Gasteiger partial charge in [-0.25, -0.2) is 14.4 Å². The summed E-state index contributed by atoms with van der Waals surface area (Å²) in [6.07, 6.45) is 0. The Morgan fingerprint density at radius 1 is 1.13 bits per heavy atom. The number of ether oxygens (including phenoxy) is 1. The molecule has 0 radical (unpaired) electrons. The summed E-state index contributed by atoms with van der Waals surface area (Å²) in [5.74, 6) is 0.767. The van der Waals surface area contributed by atoms with Gasteiger partial charge < -0.3 is 15.0 Å². The maximum Gasteiger partial charge on any atom is 0.255 e. The molecular weight excluding hydrogens is 439 g/mol. The lowest BCUT2D eigenvalue weighted by molar-refractivity contribution is 0.102. The summed E-state index contributed by atoms with van der Waals surface area (Å²) in [4.78, 5) is 23.6. The Balaban J connectivity index is 1.41. The molecule has 1 amide bonds. The smallest absolute Gasteiger partial charge is 0.255 e. The largest absolute Gasteiger partial charge is 0.378 e. The molecule has 1 aliphatic heterocycles. The molecule has 1 saturated heterocycles. The van der Waals surface area contributed by atoms with Crippen molar-refractivity contribution in [2.75, 3.05) is 36.5 Å². The van der Waals surface area contributed by atoms with Crippen molar-refractivity contribution in [3.63, 3.8) is 0 Å². The fourth-order valence-corrected chi connectivity index (χ4v) is 4.12. The van der Waals surface area contributed by atoms with Gasteiger partial charge in [0.05, 0.1) is 13.2 Å². The Hall–Kier alpha value is -2.68. The summed E-state index contributed by atoms with van der Waals surface area (Å²) in [5.41, 5.74) is 2.01. The minimum absolute atomic E-state index is 0.257. The lowest BCUT2D eigenvalue weighted by atomic mass is 10.1. The van der Waals surface area contributed by atoms with Crippen LogP contribution in [0.2, 0.25) is 5.15 Å². The normalized spacial score (nSPS) is 13.8. The fraction of sp³-hybridized carbons (Fsp3) is 0.227. The molecule has 9 heteroatoms. The molecule has 160 valence electrons. The van der Waals surface area contributed by atoms with E-state index in [0.717, 1.165) is 24.5 Å². The molecule has 31 heavy (non-hydrogen) atoms. The first-order valence-corrected chi connectivity index (χ1v) is 11.1. The molecule has 0 spiro atoms. The third-order valence-electron chi connectivity index (χ3n) is 4.66. The zero-order valence-corrected chi connectivity index (χ0v) is 18.1. The van der Waals surface area contributed by atoms with Crippen LogP contribution in [0.15, 0.2) is 59.8 Å². The quantitative estimate of drug-likeness (QED) is 0.329. The highest BCUT2D eigenvalue weighted by atomic mass is 35.5. The molecule has 4 rings (SSSR count). The summed E-state index contributed by atoms with van der Waals surface area (Å²) in [6.45, 7) is 2.86. The van der Waals surface area contributed by atoms with Crippen molar-refractivity contribution < 1.29 is 13.9 Å². The summed E-state index contributed by atoms with van der Waals surface area (Å²) >= 11 is 7.66. The lowest BCUT2D eigenvalue weighted by Gasteiger charge is -2.27. The zero-order valence-electron chi connectivity index (χ0n) is 16.6. The molecule has 1 N–H and O–H groups in total. The van der Waals surface area contributed by atoms with E-state index in [0.29, 0.717) is 40.5 Å². The van der Waals surface area contributed by atoms with Crippen molar-refractivity contribution in [2.24, 2.45) is 0 Å². The summed E-state index contributed by atoms with van der Waals surface area (Å²) in [6, 6.07) is 14.7. The van der Waals surface area contributed by atoms with Crippen LogP contribution in [-0.4, -0.2) is 42.2 Å². The van der Waals surface area contributed by atoms with Crippen LogP contribution in [0.25, 0.3) is 0 Å². The minimum atomic E-state index is -0.350. The Bertz CT molecular complexity index is 1060. The van der Waals surface area contributed by atoms with E-state index in [1.165, 1.54) is 36.0 Å². The summed E-state index contributed by atoms with van der Waals surface area (Å²) in [5, 5.41) is 3.74. The number of carbonyl (C=O) groups excluding carboxylic acids is 1. The van der Waals surface area contributed by atoms with Gasteiger partial charge in [-0.1, -0.05) is 35.5 Å². The predicted molar refractivity (Wildman–Crippen MR) is 120 cm³/mol. The van der Waals surface area contributed by atoms with Crippen molar-refractivity contribution in [3.8, 4) is 0 Å². The van der Waals surface area contributed by atoms with Crippen molar-refractivity contribution in [1.82, 2.24) is 9.97 Å². The first-order valence-electron chi connectivity index (χ1n) is 9.73. The van der Waals surface area contributed by atoms with E-state index in [4.69, 9.17) is 16.3 Å². The molecule has 3 aromatic rings. The van der Waals surface area contributed by atoms with E-state index in [9.17, 15) is 9.18 Å². The number of nitrogens with one attached hydrogen (secondary N) is 1. The van der Waals surface area contributed by atoms with Crippen LogP contribution >= 0.6 is 23.4 Å². The average molecular weight is 459 g/mol. The minimum Gasteiger partial charge on any atom is -0.378 e. The molecule has 0 atom stereocenters. The Morgan fingerprint density at radius 2 is 1.90 bits per heavy atom. The maximum absolute atomic E-state index is 13.0. The number of hydrogen-bond acceptors (Lipinski definition) is 6. The van der Waals surface area contributed by atoms with Crippen LogP contribution in [0.5, 0.6) is 0 Å². The van der Waals surface area contributed by atoms with Gasteiger partial charge >= 0.3 is 0 Å². The van der Waals surface area contributed by atoms with Gasteiger partial charge in [-0.2, -0.15) is 0 Å². The molecule has 0 aliphatic carbocycles. The van der Waals surface area contributed by atoms with Crippen LogP contribution < -0.4 is 10.2 Å². The van der Waals surface area contributed by atoms with Gasteiger partial charge in [-0.3, -0.25) is 4.79 Å². The van der Waals surface area contributed by atoms with Crippen LogP contribution in [0.4, 0.5) is 15.9 Å². The van der Waals surface area contributed by atoms with Gasteiger partial charge in [0.2, 0.25) is 0 Å². The van der Waals surface area contributed by atoms with Crippen LogP contribution in [0, 0.1) is 5.82 Å². The highest BCUT2D eigenvalue weighted by Gasteiger charge is 2.15. The van der Waals surface area contributed by atoms with Gasteiger partial charge in [0.15, 0.2) is 5.16 Å². The number of anilines is 2. The fourth-order valence-electron chi connectivity index (χ4n) is 3.09. The van der Waals surface area contributed by atoms with Crippen LogP contribution in [0.1, 0.15) is 15.9 Å². The van der Waals surface area contributed by atoms with Gasteiger partial charge in [0, 0.05) is 36.2 Å². The van der Waals surface area contributed by atoms with E-state index in [1.807, 2.05) is 18.2 Å². The van der Waals surface area contributed by atoms with Crippen molar-refractivity contribution in [2.45, 2.75) is 10.9 Å². The van der Waals surface area contributed by atoms with Crippen LogP contribution in [0.3, 0.4) is 0 Å². The molecule has 1 aromatic heterocycles. The van der Waals surface area contributed by atoms with E-state index in [1.54, 1.807) is 12.1 Å². The summed E-state index contributed by atoms with van der Waals surface area (Å²) in [7, 11) is 0. The van der Waals surface area contributed by atoms with Gasteiger partial charge in [-0.15, -0.1) is 0 Å². The number of aromatic nitrogens is 2. The van der Waals surface area contributed by atoms with E-state index in [-0.39, 0.29) is 11.7 Å². The van der Waals surface area contributed by atoms with Gasteiger partial charge in [0.25, 0.3) is 5.91 Å². The SMILES string of the molecule is O=C(Nc1ccc(F)cc1)c1cccc(CSc2nc(Cl)cc(N3CCOCC3)n2)c1. The third-order valence-corrected chi connectivity index (χ3v) is 5.77. The second kappa shape index (κ2) is 10.1. The Kier molecular flexibility index (Phi) is 7.01. The molecule has 2 heterocycles. The average Bonchev–Trinajstić information content (AvgIpc) is 2.80. The molecule has 0 bridgehead atoms. The summed E-state index contributed by atoms with van der Waals surface area (Å²) < 4.78 is 18.4. The number of amides is 1. The molecule has 6 nitrogen and oxygen atoms in total. The second-order valence-corrected chi connectivity index (χ2v) is 8.21. The maximum atomic E-state index is 13.0.